The fraction of sp³-hybridized carbons (Fsp3) is 0.238. The molecule has 2 N–H and O–H groups in total. The summed E-state index contributed by atoms with van der Waals surface area (Å²) in [4.78, 5) is 35.4. The number of nitrogens with one attached hydrogen (secondary N) is 2. The van der Waals surface area contributed by atoms with E-state index in [1.165, 1.54) is 0 Å². The minimum Gasteiger partial charge on any atom is -0.449 e. The SMILES string of the molecule is CC(C)COC(=O)Nc1nc2ccc(C3=NCC(=O)c4cc(F)c(F)cc43)cc2[nH]1. The number of H-pyrrole nitrogens is 1. The molecule has 0 atom stereocenters. The smallest absolute Gasteiger partial charge is 0.413 e. The van der Waals surface area contributed by atoms with Crippen molar-refractivity contribution < 1.29 is 23.1 Å². The number of amides is 1. The first-order valence-corrected chi connectivity index (χ1v) is 9.33. The molecule has 0 fully saturated rings. The molecule has 1 aliphatic heterocycles. The van der Waals surface area contributed by atoms with Gasteiger partial charge in [-0.25, -0.2) is 18.6 Å². The van der Waals surface area contributed by atoms with Crippen LogP contribution in [0.25, 0.3) is 11.0 Å². The molecular formula is C21H18F2N4O3. The maximum Gasteiger partial charge on any atom is 0.413 e. The molecule has 9 heteroatoms. The largest absolute Gasteiger partial charge is 0.449 e. The lowest BCUT2D eigenvalue weighted by atomic mass is 9.92. The minimum absolute atomic E-state index is 0.0962. The molecule has 154 valence electrons. The number of imidazole rings is 1. The Labute approximate surface area is 170 Å². The van der Waals surface area contributed by atoms with Crippen LogP contribution in [0.3, 0.4) is 0 Å². The van der Waals surface area contributed by atoms with Gasteiger partial charge in [0.15, 0.2) is 17.4 Å². The number of aromatic amines is 1. The van der Waals surface area contributed by atoms with Crippen LogP contribution < -0.4 is 5.32 Å². The highest BCUT2D eigenvalue weighted by Gasteiger charge is 2.24. The number of Topliss-reactive ketones (excluding diaryl/α,β-unsaturated/α-hetero) is 1. The number of rotatable bonds is 4. The molecule has 4 rings (SSSR count). The number of anilines is 1. The van der Waals surface area contributed by atoms with Crippen molar-refractivity contribution in [3.8, 4) is 0 Å². The number of benzene rings is 2. The monoisotopic (exact) mass is 412 g/mol. The normalized spacial score (nSPS) is 13.4. The van der Waals surface area contributed by atoms with Crippen LogP contribution in [0.4, 0.5) is 19.5 Å². The maximum absolute atomic E-state index is 13.8. The van der Waals surface area contributed by atoms with Gasteiger partial charge >= 0.3 is 6.09 Å². The zero-order chi connectivity index (χ0) is 21.4. The van der Waals surface area contributed by atoms with Gasteiger partial charge in [0.2, 0.25) is 5.95 Å². The van der Waals surface area contributed by atoms with Crippen molar-refractivity contribution in [1.29, 1.82) is 0 Å². The molecule has 30 heavy (non-hydrogen) atoms. The third kappa shape index (κ3) is 3.78. The molecule has 1 amide bonds. The zero-order valence-electron chi connectivity index (χ0n) is 16.3. The fourth-order valence-electron chi connectivity index (χ4n) is 3.13. The van der Waals surface area contributed by atoms with Crippen molar-refractivity contribution in [3.05, 3.63) is 58.7 Å². The lowest BCUT2D eigenvalue weighted by Gasteiger charge is -2.16. The number of ketones is 1. The first-order valence-electron chi connectivity index (χ1n) is 9.33. The Kier molecular flexibility index (Phi) is 5.03. The van der Waals surface area contributed by atoms with Gasteiger partial charge in [-0.1, -0.05) is 19.9 Å². The van der Waals surface area contributed by atoms with E-state index >= 15 is 0 Å². The number of halogens is 2. The van der Waals surface area contributed by atoms with Crippen molar-refractivity contribution >= 4 is 34.6 Å². The van der Waals surface area contributed by atoms with Crippen molar-refractivity contribution in [2.75, 3.05) is 18.5 Å². The fourth-order valence-corrected chi connectivity index (χ4v) is 3.13. The molecule has 0 saturated carbocycles. The third-order valence-electron chi connectivity index (χ3n) is 4.52. The molecule has 0 radical (unpaired) electrons. The Morgan fingerprint density at radius 3 is 2.67 bits per heavy atom. The van der Waals surface area contributed by atoms with Gasteiger partial charge in [-0.15, -0.1) is 0 Å². The highest BCUT2D eigenvalue weighted by molar-refractivity contribution is 6.22. The molecule has 0 spiro atoms. The number of aliphatic imine (C=N–C) groups is 1. The summed E-state index contributed by atoms with van der Waals surface area (Å²) >= 11 is 0. The van der Waals surface area contributed by atoms with Crippen LogP contribution in [-0.4, -0.2) is 40.7 Å². The molecular weight excluding hydrogens is 394 g/mol. The van der Waals surface area contributed by atoms with Gasteiger partial charge in [-0.05, 0) is 30.2 Å². The first kappa shape index (κ1) is 19.7. The van der Waals surface area contributed by atoms with Crippen molar-refractivity contribution in [3.63, 3.8) is 0 Å². The van der Waals surface area contributed by atoms with Crippen LogP contribution in [0.1, 0.15) is 35.3 Å². The van der Waals surface area contributed by atoms with Crippen LogP contribution in [-0.2, 0) is 4.74 Å². The summed E-state index contributed by atoms with van der Waals surface area (Å²) in [7, 11) is 0. The molecule has 0 aliphatic carbocycles. The summed E-state index contributed by atoms with van der Waals surface area (Å²) in [5.41, 5.74) is 2.48. The van der Waals surface area contributed by atoms with Crippen LogP contribution in [0.15, 0.2) is 35.3 Å². The van der Waals surface area contributed by atoms with E-state index in [1.807, 2.05) is 13.8 Å². The highest BCUT2D eigenvalue weighted by atomic mass is 19.2. The van der Waals surface area contributed by atoms with E-state index in [1.54, 1.807) is 18.2 Å². The van der Waals surface area contributed by atoms with Gasteiger partial charge < -0.3 is 9.72 Å². The number of hydrogen-bond donors (Lipinski definition) is 2. The van der Waals surface area contributed by atoms with Crippen LogP contribution in [0.5, 0.6) is 0 Å². The quantitative estimate of drug-likeness (QED) is 0.675. The molecule has 0 bridgehead atoms. The second-order valence-corrected chi connectivity index (χ2v) is 7.33. The summed E-state index contributed by atoms with van der Waals surface area (Å²) in [6.07, 6.45) is -0.621. The lowest BCUT2D eigenvalue weighted by Crippen LogP contribution is -2.20. The molecule has 1 aromatic heterocycles. The van der Waals surface area contributed by atoms with Gasteiger partial charge in [0.1, 0.15) is 6.54 Å². The van der Waals surface area contributed by atoms with Gasteiger partial charge in [0, 0.05) is 16.7 Å². The average molecular weight is 412 g/mol. The van der Waals surface area contributed by atoms with Crippen LogP contribution >= 0.6 is 0 Å². The topological polar surface area (TPSA) is 96.4 Å². The summed E-state index contributed by atoms with van der Waals surface area (Å²) in [5.74, 6) is -2.08. The summed E-state index contributed by atoms with van der Waals surface area (Å²) < 4.78 is 32.5. The maximum atomic E-state index is 13.8. The second kappa shape index (κ2) is 7.66. The molecule has 2 heterocycles. The van der Waals surface area contributed by atoms with E-state index in [0.29, 0.717) is 22.3 Å². The van der Waals surface area contributed by atoms with Gasteiger partial charge in [0.25, 0.3) is 0 Å². The predicted octanol–water partition coefficient (Wildman–Crippen LogP) is 4.08. The van der Waals surface area contributed by atoms with Crippen molar-refractivity contribution in [2.24, 2.45) is 10.9 Å². The van der Waals surface area contributed by atoms with Crippen LogP contribution in [0.2, 0.25) is 0 Å². The lowest BCUT2D eigenvalue weighted by molar-refractivity contribution is 0.0999. The number of ether oxygens (including phenoxy) is 1. The summed E-state index contributed by atoms with van der Waals surface area (Å²) in [5, 5.41) is 2.53. The van der Waals surface area contributed by atoms with E-state index in [9.17, 15) is 18.4 Å². The summed E-state index contributed by atoms with van der Waals surface area (Å²) in [6, 6.07) is 7.01. The van der Waals surface area contributed by atoms with Gasteiger partial charge in [0.05, 0.1) is 23.4 Å². The Balaban J connectivity index is 1.64. The van der Waals surface area contributed by atoms with Gasteiger partial charge in [-0.3, -0.25) is 15.1 Å². The molecule has 7 nitrogen and oxygen atoms in total. The van der Waals surface area contributed by atoms with Crippen molar-refractivity contribution in [2.45, 2.75) is 13.8 Å². The summed E-state index contributed by atoms with van der Waals surface area (Å²) in [6.45, 7) is 3.99. The molecule has 3 aromatic rings. The molecule has 2 aromatic carbocycles. The average Bonchev–Trinajstić information content (AvgIpc) is 3.09. The van der Waals surface area contributed by atoms with Gasteiger partial charge in [-0.2, -0.15) is 0 Å². The predicted molar refractivity (Wildman–Crippen MR) is 107 cm³/mol. The molecule has 0 saturated heterocycles. The minimum atomic E-state index is -1.08. The van der Waals surface area contributed by atoms with E-state index in [0.717, 1.165) is 12.1 Å². The first-order chi connectivity index (χ1) is 14.3. The van der Waals surface area contributed by atoms with Crippen LogP contribution in [0, 0.1) is 17.6 Å². The number of carbonyl (C=O) groups excluding carboxylic acids is 2. The number of carbonyl (C=O) groups is 2. The number of fused-ring (bicyclic) bond motifs is 2. The van der Waals surface area contributed by atoms with E-state index in [4.69, 9.17) is 4.74 Å². The van der Waals surface area contributed by atoms with E-state index < -0.39 is 17.7 Å². The Bertz CT molecular complexity index is 1200. The second-order valence-electron chi connectivity index (χ2n) is 7.33. The van der Waals surface area contributed by atoms with Crippen molar-refractivity contribution in [1.82, 2.24) is 9.97 Å². The number of aromatic nitrogens is 2. The standard InChI is InChI=1S/C21H18F2N4O3/c1-10(2)9-30-21(29)27-20-25-16-4-3-11(5-17(16)26-20)19-13-7-15(23)14(22)6-12(13)18(28)8-24-19/h3-7,10H,8-9H2,1-2H3,(H2,25,26,27,29). The Morgan fingerprint density at radius 1 is 1.20 bits per heavy atom. The van der Waals surface area contributed by atoms with E-state index in [-0.39, 0.29) is 41.9 Å². The molecule has 0 unspecified atom stereocenters. The Hall–Kier alpha value is -3.62. The molecule has 1 aliphatic rings. The third-order valence-corrected chi connectivity index (χ3v) is 4.52. The highest BCUT2D eigenvalue weighted by Crippen LogP contribution is 2.25. The number of hydrogen-bond acceptors (Lipinski definition) is 5. The zero-order valence-corrected chi connectivity index (χ0v) is 16.3. The number of nitrogens with zero attached hydrogens (tertiary/aromatic N) is 2. The Morgan fingerprint density at radius 2 is 1.93 bits per heavy atom. The van der Waals surface area contributed by atoms with E-state index in [2.05, 4.69) is 20.3 Å².